The second-order valence-corrected chi connectivity index (χ2v) is 10.7. The van der Waals surface area contributed by atoms with Gasteiger partial charge in [0.25, 0.3) is 5.91 Å². The molecule has 0 unspecified atom stereocenters. The third kappa shape index (κ3) is 6.70. The van der Waals surface area contributed by atoms with Crippen LogP contribution in [0.2, 0.25) is 5.02 Å². The summed E-state index contributed by atoms with van der Waals surface area (Å²) >= 11 is 8.45. The molecule has 0 aromatic heterocycles. The molecular formula is C28H27ClIN3O6. The third-order valence-electron chi connectivity index (χ3n) is 6.37. The summed E-state index contributed by atoms with van der Waals surface area (Å²) in [5.41, 5.74) is 1.65. The Balaban J connectivity index is 1.60. The number of halogens is 2. The van der Waals surface area contributed by atoms with Crippen LogP contribution in [0.1, 0.15) is 30.0 Å². The van der Waals surface area contributed by atoms with Crippen molar-refractivity contribution < 1.29 is 29.3 Å². The van der Waals surface area contributed by atoms with E-state index in [1.807, 2.05) is 30.3 Å². The molecule has 39 heavy (non-hydrogen) atoms. The minimum absolute atomic E-state index is 0.0958. The largest absolute Gasteiger partial charge is 0.491 e. The number of aliphatic hydroxyl groups excluding tert-OH is 2. The van der Waals surface area contributed by atoms with Crippen LogP contribution in [0.25, 0.3) is 0 Å². The summed E-state index contributed by atoms with van der Waals surface area (Å²) in [7, 11) is 0. The molecule has 11 heteroatoms. The van der Waals surface area contributed by atoms with E-state index in [9.17, 15) is 19.5 Å². The molecule has 0 radical (unpaired) electrons. The van der Waals surface area contributed by atoms with Crippen LogP contribution in [0.15, 0.2) is 72.8 Å². The van der Waals surface area contributed by atoms with E-state index in [0.717, 1.165) is 14.0 Å². The molecule has 0 saturated carbocycles. The van der Waals surface area contributed by atoms with Gasteiger partial charge < -0.3 is 25.6 Å². The number of aliphatic hydroxyl groups is 2. The highest BCUT2D eigenvalue weighted by Crippen LogP contribution is 2.32. The summed E-state index contributed by atoms with van der Waals surface area (Å²) < 4.78 is 6.30. The quantitative estimate of drug-likeness (QED) is 0.191. The standard InChI is InChI=1S/C28H27ClIN3O6/c1-16(17-5-3-2-4-6-17)25(26(36)31-23-12-9-19(30)13-22(23)29)33-27(37)24(32-28(33)38)18-7-10-21(11-8-18)39-15-20(35)14-34/h2-13,16,20,24-25,34-35H,14-15H2,1H3,(H,31,36)(H,32,38)/t16-,20+,24-,25-/m0/s1. The Kier molecular flexibility index (Phi) is 9.44. The second kappa shape index (κ2) is 12.8. The molecule has 4 rings (SSSR count). The van der Waals surface area contributed by atoms with Crippen molar-refractivity contribution >= 4 is 57.7 Å². The fraction of sp³-hybridized carbons (Fsp3) is 0.250. The van der Waals surface area contributed by atoms with Gasteiger partial charge in [0.05, 0.1) is 17.3 Å². The third-order valence-corrected chi connectivity index (χ3v) is 7.36. The summed E-state index contributed by atoms with van der Waals surface area (Å²) in [6.45, 7) is 1.26. The van der Waals surface area contributed by atoms with E-state index in [0.29, 0.717) is 22.0 Å². The Morgan fingerprint density at radius 2 is 1.82 bits per heavy atom. The molecular weight excluding hydrogens is 637 g/mol. The van der Waals surface area contributed by atoms with E-state index in [2.05, 4.69) is 33.2 Å². The van der Waals surface area contributed by atoms with Gasteiger partial charge in [0, 0.05) is 9.49 Å². The minimum atomic E-state index is -1.16. The van der Waals surface area contributed by atoms with Crippen LogP contribution in [0.3, 0.4) is 0 Å². The SMILES string of the molecule is C[C@@H](c1ccccc1)[C@@H](C(=O)Nc1ccc(I)cc1Cl)N1C(=O)N[C@@H](c2ccc(OC[C@H](O)CO)cc2)C1=O. The summed E-state index contributed by atoms with van der Waals surface area (Å²) in [5.74, 6) is -1.23. The molecule has 204 valence electrons. The lowest BCUT2D eigenvalue weighted by Crippen LogP contribution is -2.50. The zero-order valence-corrected chi connectivity index (χ0v) is 23.8. The van der Waals surface area contributed by atoms with Gasteiger partial charge in [-0.05, 0) is 64.0 Å². The van der Waals surface area contributed by atoms with Crippen molar-refractivity contribution in [3.8, 4) is 5.75 Å². The molecule has 3 aromatic carbocycles. The highest BCUT2D eigenvalue weighted by Gasteiger charge is 2.47. The lowest BCUT2D eigenvalue weighted by atomic mass is 9.91. The zero-order valence-electron chi connectivity index (χ0n) is 20.9. The first-order chi connectivity index (χ1) is 18.7. The highest BCUT2D eigenvalue weighted by atomic mass is 127. The van der Waals surface area contributed by atoms with Crippen molar-refractivity contribution in [1.29, 1.82) is 0 Å². The van der Waals surface area contributed by atoms with Crippen LogP contribution < -0.4 is 15.4 Å². The second-order valence-electron chi connectivity index (χ2n) is 9.06. The molecule has 1 heterocycles. The van der Waals surface area contributed by atoms with Gasteiger partial charge in [0.15, 0.2) is 0 Å². The average molecular weight is 664 g/mol. The van der Waals surface area contributed by atoms with E-state index >= 15 is 0 Å². The molecule has 0 spiro atoms. The Morgan fingerprint density at radius 3 is 2.46 bits per heavy atom. The molecule has 3 aromatic rings. The monoisotopic (exact) mass is 663 g/mol. The van der Waals surface area contributed by atoms with Crippen molar-refractivity contribution in [3.63, 3.8) is 0 Å². The molecule has 1 aliphatic rings. The van der Waals surface area contributed by atoms with Gasteiger partial charge in [-0.3, -0.25) is 9.59 Å². The Morgan fingerprint density at radius 1 is 1.13 bits per heavy atom. The maximum Gasteiger partial charge on any atom is 0.325 e. The molecule has 0 aliphatic carbocycles. The van der Waals surface area contributed by atoms with Crippen LogP contribution in [-0.2, 0) is 9.59 Å². The predicted octanol–water partition coefficient (Wildman–Crippen LogP) is 4.08. The van der Waals surface area contributed by atoms with Gasteiger partial charge in [-0.25, -0.2) is 9.69 Å². The van der Waals surface area contributed by atoms with Gasteiger partial charge >= 0.3 is 6.03 Å². The van der Waals surface area contributed by atoms with E-state index in [1.54, 1.807) is 49.4 Å². The number of benzene rings is 3. The maximum atomic E-state index is 13.7. The van der Waals surface area contributed by atoms with Gasteiger partial charge in [0.1, 0.15) is 30.5 Å². The lowest BCUT2D eigenvalue weighted by molar-refractivity contribution is -0.134. The van der Waals surface area contributed by atoms with Crippen molar-refractivity contribution in [3.05, 3.63) is 92.5 Å². The van der Waals surface area contributed by atoms with E-state index in [-0.39, 0.29) is 6.61 Å². The Labute approximate surface area is 244 Å². The van der Waals surface area contributed by atoms with Crippen molar-refractivity contribution in [2.75, 3.05) is 18.5 Å². The fourth-order valence-electron chi connectivity index (χ4n) is 4.29. The molecule has 4 atom stereocenters. The topological polar surface area (TPSA) is 128 Å². The smallest absolute Gasteiger partial charge is 0.325 e. The van der Waals surface area contributed by atoms with Crippen LogP contribution in [0.4, 0.5) is 10.5 Å². The van der Waals surface area contributed by atoms with Crippen molar-refractivity contribution in [1.82, 2.24) is 10.2 Å². The summed E-state index contributed by atoms with van der Waals surface area (Å²) in [6, 6.07) is 17.9. The zero-order chi connectivity index (χ0) is 28.1. The molecule has 0 bridgehead atoms. The van der Waals surface area contributed by atoms with Crippen molar-refractivity contribution in [2.45, 2.75) is 31.0 Å². The number of nitrogens with one attached hydrogen (secondary N) is 2. The van der Waals surface area contributed by atoms with E-state index < -0.39 is 48.6 Å². The van der Waals surface area contributed by atoms with Gasteiger partial charge in [-0.1, -0.05) is 61.0 Å². The Bertz CT molecular complexity index is 1340. The number of imide groups is 1. The van der Waals surface area contributed by atoms with Gasteiger partial charge in [-0.2, -0.15) is 0 Å². The van der Waals surface area contributed by atoms with Gasteiger partial charge in [0.2, 0.25) is 5.91 Å². The first-order valence-electron chi connectivity index (χ1n) is 12.2. The minimum Gasteiger partial charge on any atom is -0.491 e. The van der Waals surface area contributed by atoms with Crippen LogP contribution >= 0.6 is 34.2 Å². The molecule has 1 saturated heterocycles. The average Bonchev–Trinajstić information content (AvgIpc) is 3.23. The number of urea groups is 1. The fourth-order valence-corrected chi connectivity index (χ4v) is 5.19. The summed E-state index contributed by atoms with van der Waals surface area (Å²) in [5, 5.41) is 24.2. The number of amides is 4. The number of anilines is 1. The van der Waals surface area contributed by atoms with E-state index in [4.69, 9.17) is 21.4 Å². The normalized spacial score (nSPS) is 17.4. The molecule has 4 N–H and O–H groups in total. The number of rotatable bonds is 10. The van der Waals surface area contributed by atoms with Gasteiger partial charge in [-0.15, -0.1) is 0 Å². The summed E-state index contributed by atoms with van der Waals surface area (Å²) in [4.78, 5) is 41.5. The van der Waals surface area contributed by atoms with Crippen LogP contribution in [0.5, 0.6) is 5.75 Å². The van der Waals surface area contributed by atoms with Crippen LogP contribution in [0, 0.1) is 3.57 Å². The number of hydrogen-bond acceptors (Lipinski definition) is 6. The number of ether oxygens (including phenoxy) is 1. The number of hydrogen-bond donors (Lipinski definition) is 4. The lowest BCUT2D eigenvalue weighted by Gasteiger charge is -2.30. The van der Waals surface area contributed by atoms with Crippen molar-refractivity contribution in [2.24, 2.45) is 0 Å². The molecule has 4 amide bonds. The van der Waals surface area contributed by atoms with E-state index in [1.165, 1.54) is 0 Å². The highest BCUT2D eigenvalue weighted by molar-refractivity contribution is 14.1. The maximum absolute atomic E-state index is 13.7. The Hall–Kier alpha value is -3.19. The molecule has 1 fully saturated rings. The first-order valence-corrected chi connectivity index (χ1v) is 13.6. The molecule has 1 aliphatic heterocycles. The number of nitrogens with zero attached hydrogens (tertiary/aromatic N) is 1. The predicted molar refractivity (Wildman–Crippen MR) is 155 cm³/mol. The van der Waals surface area contributed by atoms with Crippen LogP contribution in [-0.4, -0.2) is 58.3 Å². The number of carbonyl (C=O) groups excluding carboxylic acids is 3. The first kappa shape index (κ1) is 28.8. The molecule has 9 nitrogen and oxygen atoms in total. The summed E-state index contributed by atoms with van der Waals surface area (Å²) in [6.07, 6.45) is -1.02. The number of carbonyl (C=O) groups is 3.